The van der Waals surface area contributed by atoms with E-state index in [1.165, 1.54) is 4.70 Å². The number of thiazole rings is 1. The van der Waals surface area contributed by atoms with Gasteiger partial charge in [-0.3, -0.25) is 4.79 Å². The average Bonchev–Trinajstić information content (AvgIpc) is 3.29. The molecule has 3 aromatic rings. The van der Waals surface area contributed by atoms with Crippen molar-refractivity contribution >= 4 is 49.1 Å². The van der Waals surface area contributed by atoms with Gasteiger partial charge in [0.25, 0.3) is 5.91 Å². The topological polar surface area (TPSA) is 67.3 Å². The van der Waals surface area contributed by atoms with E-state index in [1.807, 2.05) is 49.4 Å². The summed E-state index contributed by atoms with van der Waals surface area (Å²) in [7, 11) is -3.02. The lowest BCUT2D eigenvalue weighted by Gasteiger charge is -2.27. The summed E-state index contributed by atoms with van der Waals surface area (Å²) in [6.07, 6.45) is 0.527. The Bertz CT molecular complexity index is 1090. The second-order valence-electron chi connectivity index (χ2n) is 7.08. The first-order chi connectivity index (χ1) is 13.9. The van der Waals surface area contributed by atoms with Crippen molar-refractivity contribution in [3.8, 4) is 0 Å². The lowest BCUT2D eigenvalue weighted by molar-refractivity contribution is 0.0708. The van der Waals surface area contributed by atoms with Crippen molar-refractivity contribution in [2.75, 3.05) is 18.1 Å². The second kappa shape index (κ2) is 8.45. The number of fused-ring (bicyclic) bond motifs is 1. The van der Waals surface area contributed by atoms with Crippen molar-refractivity contribution in [3.05, 3.63) is 59.7 Å². The fourth-order valence-electron chi connectivity index (χ4n) is 3.56. The third kappa shape index (κ3) is 4.65. The summed E-state index contributed by atoms with van der Waals surface area (Å²) in [5.41, 5.74) is 2.75. The molecule has 0 N–H and O–H groups in total. The van der Waals surface area contributed by atoms with Crippen LogP contribution in [0.3, 0.4) is 0 Å². The fraction of sp³-hybridized carbons (Fsp3) is 0.333. The molecule has 4 rings (SSSR count). The molecule has 0 aliphatic carbocycles. The molecule has 0 radical (unpaired) electrons. The van der Waals surface area contributed by atoms with E-state index in [0.717, 1.165) is 21.2 Å². The quantitative estimate of drug-likeness (QED) is 0.530. The van der Waals surface area contributed by atoms with Gasteiger partial charge in [-0.2, -0.15) is 0 Å². The van der Waals surface area contributed by atoms with Gasteiger partial charge < -0.3 is 4.90 Å². The predicted molar refractivity (Wildman–Crippen MR) is 119 cm³/mol. The predicted octanol–water partition coefficient (Wildman–Crippen LogP) is 4.24. The number of para-hydroxylation sites is 1. The Morgan fingerprint density at radius 1 is 1.21 bits per heavy atom. The second-order valence-corrected chi connectivity index (χ2v) is 11.6. The molecule has 2 aromatic carbocycles. The van der Waals surface area contributed by atoms with E-state index in [1.54, 1.807) is 28.0 Å². The number of rotatable bonds is 6. The number of thioether (sulfide) groups is 1. The van der Waals surface area contributed by atoms with Crippen molar-refractivity contribution in [1.82, 2.24) is 9.88 Å². The Labute approximate surface area is 179 Å². The van der Waals surface area contributed by atoms with Gasteiger partial charge >= 0.3 is 0 Å². The van der Waals surface area contributed by atoms with E-state index in [4.69, 9.17) is 0 Å². The molecule has 152 valence electrons. The van der Waals surface area contributed by atoms with Crippen molar-refractivity contribution < 1.29 is 13.2 Å². The highest BCUT2D eigenvalue weighted by Crippen LogP contribution is 2.31. The van der Waals surface area contributed by atoms with Gasteiger partial charge in [-0.25, -0.2) is 13.4 Å². The lowest BCUT2D eigenvalue weighted by atomic mass is 10.1. The van der Waals surface area contributed by atoms with Crippen LogP contribution in [0.2, 0.25) is 0 Å². The molecule has 1 fully saturated rings. The molecule has 0 unspecified atom stereocenters. The molecule has 1 atom stereocenters. The van der Waals surface area contributed by atoms with Crippen LogP contribution in [-0.2, 0) is 15.6 Å². The highest BCUT2D eigenvalue weighted by Gasteiger charge is 2.34. The number of hydrogen-bond acceptors (Lipinski definition) is 6. The molecule has 0 bridgehead atoms. The van der Waals surface area contributed by atoms with Gasteiger partial charge in [0.2, 0.25) is 0 Å². The zero-order chi connectivity index (χ0) is 20.4. The molecular formula is C21H22N2O3S3. The van der Waals surface area contributed by atoms with Gasteiger partial charge in [0, 0.05) is 23.9 Å². The summed E-state index contributed by atoms with van der Waals surface area (Å²) in [4.78, 5) is 19.2. The molecule has 2 heterocycles. The summed E-state index contributed by atoms with van der Waals surface area (Å²) in [5.74, 6) is 0.930. The Morgan fingerprint density at radius 2 is 1.97 bits per heavy atom. The van der Waals surface area contributed by atoms with Crippen LogP contribution in [0.25, 0.3) is 10.2 Å². The van der Waals surface area contributed by atoms with Gasteiger partial charge in [-0.05, 0) is 43.2 Å². The van der Waals surface area contributed by atoms with Gasteiger partial charge in [-0.15, -0.1) is 11.3 Å². The van der Waals surface area contributed by atoms with Gasteiger partial charge in [0.1, 0.15) is 0 Å². The van der Waals surface area contributed by atoms with Crippen LogP contribution in [0.4, 0.5) is 0 Å². The van der Waals surface area contributed by atoms with Crippen LogP contribution in [-0.4, -0.2) is 48.3 Å². The van der Waals surface area contributed by atoms with E-state index in [2.05, 4.69) is 11.1 Å². The van der Waals surface area contributed by atoms with Crippen LogP contribution < -0.4 is 0 Å². The molecule has 1 amide bonds. The molecule has 29 heavy (non-hydrogen) atoms. The first kappa shape index (κ1) is 20.4. The number of aromatic nitrogens is 1. The molecule has 1 aromatic heterocycles. The summed E-state index contributed by atoms with van der Waals surface area (Å²) < 4.78 is 25.8. The number of carbonyl (C=O) groups excluding carboxylic acids is 1. The summed E-state index contributed by atoms with van der Waals surface area (Å²) in [6, 6.07) is 15.5. The Hall–Kier alpha value is -1.90. The number of benzene rings is 2. The van der Waals surface area contributed by atoms with E-state index < -0.39 is 9.84 Å². The van der Waals surface area contributed by atoms with Crippen LogP contribution in [0, 0.1) is 0 Å². The highest BCUT2D eigenvalue weighted by molar-refractivity contribution is 8.00. The first-order valence-electron chi connectivity index (χ1n) is 9.54. The molecular weight excluding hydrogens is 424 g/mol. The number of amides is 1. The van der Waals surface area contributed by atoms with Crippen molar-refractivity contribution in [3.63, 3.8) is 0 Å². The highest BCUT2D eigenvalue weighted by atomic mass is 32.2. The smallest absolute Gasteiger partial charge is 0.254 e. The molecule has 5 nitrogen and oxygen atoms in total. The monoisotopic (exact) mass is 446 g/mol. The minimum Gasteiger partial charge on any atom is -0.335 e. The summed E-state index contributed by atoms with van der Waals surface area (Å²) in [6.45, 7) is 2.40. The maximum absolute atomic E-state index is 12.9. The zero-order valence-corrected chi connectivity index (χ0v) is 18.5. The minimum absolute atomic E-state index is 0.0729. The number of sulfone groups is 1. The third-order valence-corrected chi connectivity index (χ3v) is 9.09. The largest absolute Gasteiger partial charge is 0.335 e. The fourth-order valence-corrected chi connectivity index (χ4v) is 7.31. The molecule has 8 heteroatoms. The number of carbonyl (C=O) groups is 1. The summed E-state index contributed by atoms with van der Waals surface area (Å²) >= 11 is 3.38. The number of hydrogen-bond donors (Lipinski definition) is 0. The zero-order valence-electron chi connectivity index (χ0n) is 16.1. The van der Waals surface area contributed by atoms with Crippen molar-refractivity contribution in [2.45, 2.75) is 29.5 Å². The molecule has 0 saturated carbocycles. The minimum atomic E-state index is -3.02. The van der Waals surface area contributed by atoms with Crippen molar-refractivity contribution in [2.24, 2.45) is 0 Å². The maximum atomic E-state index is 12.9. The van der Waals surface area contributed by atoms with Crippen LogP contribution >= 0.6 is 23.1 Å². The van der Waals surface area contributed by atoms with Gasteiger partial charge in [-0.1, -0.05) is 36.0 Å². The number of nitrogens with zero attached hydrogens (tertiary/aromatic N) is 2. The Kier molecular flexibility index (Phi) is 5.94. The van der Waals surface area contributed by atoms with Crippen LogP contribution in [0.1, 0.15) is 29.3 Å². The first-order valence-corrected chi connectivity index (χ1v) is 13.2. The molecule has 0 spiro atoms. The SMILES string of the molecule is CCN(C(=O)c1ccc(CSc2nc3ccccc3s2)cc1)[C@@H]1CCS(=O)(=O)C1. The van der Waals surface area contributed by atoms with Crippen LogP contribution in [0.5, 0.6) is 0 Å². The van der Waals surface area contributed by atoms with Gasteiger partial charge in [0.05, 0.1) is 21.7 Å². The normalized spacial score (nSPS) is 18.2. The summed E-state index contributed by atoms with van der Waals surface area (Å²) in [5, 5.41) is 0. The Morgan fingerprint density at radius 3 is 2.62 bits per heavy atom. The van der Waals surface area contributed by atoms with Crippen LogP contribution in [0.15, 0.2) is 52.9 Å². The molecule has 1 saturated heterocycles. The Balaban J connectivity index is 1.40. The molecule has 1 aliphatic rings. The maximum Gasteiger partial charge on any atom is 0.254 e. The van der Waals surface area contributed by atoms with Crippen molar-refractivity contribution in [1.29, 1.82) is 0 Å². The average molecular weight is 447 g/mol. The van der Waals surface area contributed by atoms with E-state index in [0.29, 0.717) is 18.5 Å². The van der Waals surface area contributed by atoms with E-state index in [-0.39, 0.29) is 23.5 Å². The standard InChI is InChI=1S/C21H22N2O3S3/c1-2-23(17-11-12-29(25,26)14-17)20(24)16-9-7-15(8-10-16)13-27-21-22-18-5-3-4-6-19(18)28-21/h3-10,17H,2,11-14H2,1H3/t17-/m1/s1. The van der Waals surface area contributed by atoms with E-state index in [9.17, 15) is 13.2 Å². The van der Waals surface area contributed by atoms with Gasteiger partial charge in [0.15, 0.2) is 14.2 Å². The lowest BCUT2D eigenvalue weighted by Crippen LogP contribution is -2.40. The molecule has 1 aliphatic heterocycles. The van der Waals surface area contributed by atoms with E-state index >= 15 is 0 Å². The third-order valence-electron chi connectivity index (χ3n) is 5.09.